The Kier molecular flexibility index (Phi) is 11.4. The maximum atomic E-state index is 13.6. The van der Waals surface area contributed by atoms with E-state index >= 15 is 0 Å². The van der Waals surface area contributed by atoms with E-state index in [1.807, 2.05) is 83.8 Å². The Hall–Kier alpha value is -3.94. The zero-order chi connectivity index (χ0) is 31.6. The van der Waals surface area contributed by atoms with Gasteiger partial charge in [-0.25, -0.2) is 0 Å². The number of nitrogens with two attached hydrogens (primary N) is 1. The van der Waals surface area contributed by atoms with Crippen LogP contribution in [-0.4, -0.2) is 41.5 Å². The van der Waals surface area contributed by atoms with Gasteiger partial charge in [0.05, 0.1) is 6.42 Å². The molecule has 2 unspecified atom stereocenters. The first kappa shape index (κ1) is 32.5. The van der Waals surface area contributed by atoms with E-state index in [0.717, 1.165) is 51.7 Å². The molecule has 45 heavy (non-hydrogen) atoms. The number of benzene rings is 4. The number of aromatic hydroxyl groups is 1. The Morgan fingerprint density at radius 2 is 1.53 bits per heavy atom. The Morgan fingerprint density at radius 3 is 2.29 bits per heavy atom. The zero-order valence-corrected chi connectivity index (χ0v) is 27.2. The first-order chi connectivity index (χ1) is 21.9. The number of phenolic OH excluding ortho intramolecular Hbond substituents is 1. The molecular formula is C38H42BrN3O3. The van der Waals surface area contributed by atoms with Crippen LogP contribution in [0.25, 0.3) is 11.1 Å². The van der Waals surface area contributed by atoms with Gasteiger partial charge in [-0.1, -0.05) is 76.9 Å². The molecule has 4 aromatic carbocycles. The fourth-order valence-corrected chi connectivity index (χ4v) is 6.42. The van der Waals surface area contributed by atoms with Gasteiger partial charge in [-0.15, -0.1) is 0 Å². The van der Waals surface area contributed by atoms with Crippen LogP contribution in [0.3, 0.4) is 0 Å². The van der Waals surface area contributed by atoms with Crippen molar-refractivity contribution in [2.45, 2.75) is 45.1 Å². The molecule has 0 radical (unpaired) electrons. The number of nitrogens with one attached hydrogen (secondary N) is 1. The predicted molar refractivity (Wildman–Crippen MR) is 184 cm³/mol. The lowest BCUT2D eigenvalue weighted by molar-refractivity contribution is -0.131. The summed E-state index contributed by atoms with van der Waals surface area (Å²) >= 11 is 3.47. The third kappa shape index (κ3) is 9.52. The summed E-state index contributed by atoms with van der Waals surface area (Å²) in [5.74, 6) is 1.28. The summed E-state index contributed by atoms with van der Waals surface area (Å²) in [6.45, 7) is 2.42. The minimum absolute atomic E-state index is 0.0518. The van der Waals surface area contributed by atoms with Crippen LogP contribution in [0.5, 0.6) is 5.75 Å². The Bertz CT molecular complexity index is 1570. The lowest BCUT2D eigenvalue weighted by atomic mass is 9.81. The summed E-state index contributed by atoms with van der Waals surface area (Å²) in [5, 5.41) is 12.8. The lowest BCUT2D eigenvalue weighted by Gasteiger charge is -2.28. The van der Waals surface area contributed by atoms with Crippen LogP contribution < -0.4 is 11.1 Å². The smallest absolute Gasteiger partial charge is 0.251 e. The van der Waals surface area contributed by atoms with Crippen molar-refractivity contribution in [2.24, 2.45) is 17.6 Å². The fourth-order valence-electron chi connectivity index (χ4n) is 6.16. The SMILES string of the molecule is NCC1CCCC(CNC(=O)c2cccc(-c3cccc(CN(CCc4ccc(O)cc4)C(=O)Cc4ccc(Br)cc4)c3)c2)C1. The summed E-state index contributed by atoms with van der Waals surface area (Å²) in [5.41, 5.74) is 11.5. The predicted octanol–water partition coefficient (Wildman–Crippen LogP) is 7.13. The Morgan fingerprint density at radius 1 is 0.844 bits per heavy atom. The lowest BCUT2D eigenvalue weighted by Crippen LogP contribution is -2.33. The molecule has 1 aliphatic rings. The largest absolute Gasteiger partial charge is 0.508 e. The molecule has 0 bridgehead atoms. The number of hydrogen-bond acceptors (Lipinski definition) is 4. The molecule has 234 valence electrons. The molecule has 1 saturated carbocycles. The second-order valence-electron chi connectivity index (χ2n) is 12.2. The van der Waals surface area contributed by atoms with Gasteiger partial charge < -0.3 is 21.1 Å². The molecule has 1 fully saturated rings. The van der Waals surface area contributed by atoms with Crippen molar-refractivity contribution in [1.29, 1.82) is 0 Å². The number of nitrogens with zero attached hydrogens (tertiary/aromatic N) is 1. The monoisotopic (exact) mass is 667 g/mol. The quantitative estimate of drug-likeness (QED) is 0.150. The highest BCUT2D eigenvalue weighted by Crippen LogP contribution is 2.28. The van der Waals surface area contributed by atoms with Gasteiger partial charge >= 0.3 is 0 Å². The fraction of sp³-hybridized carbons (Fsp3) is 0.316. The zero-order valence-electron chi connectivity index (χ0n) is 25.6. The van der Waals surface area contributed by atoms with Gasteiger partial charge in [0.15, 0.2) is 0 Å². The van der Waals surface area contributed by atoms with E-state index in [4.69, 9.17) is 5.73 Å². The summed E-state index contributed by atoms with van der Waals surface area (Å²) in [6.07, 6.45) is 5.59. The van der Waals surface area contributed by atoms with Crippen LogP contribution in [0, 0.1) is 11.8 Å². The third-order valence-electron chi connectivity index (χ3n) is 8.76. The second-order valence-corrected chi connectivity index (χ2v) is 13.1. The van der Waals surface area contributed by atoms with E-state index in [2.05, 4.69) is 27.3 Å². The van der Waals surface area contributed by atoms with Crippen LogP contribution in [0.15, 0.2) is 102 Å². The molecular weight excluding hydrogens is 626 g/mol. The average molecular weight is 669 g/mol. The summed E-state index contributed by atoms with van der Waals surface area (Å²) < 4.78 is 0.978. The number of phenols is 1. The molecule has 0 aliphatic heterocycles. The molecule has 5 rings (SSSR count). The summed E-state index contributed by atoms with van der Waals surface area (Å²) in [6, 6.07) is 30.9. The van der Waals surface area contributed by atoms with Gasteiger partial charge in [0.25, 0.3) is 5.91 Å². The molecule has 4 aromatic rings. The standard InChI is InChI=1S/C38H42BrN3O3/c39-35-14-10-28(11-15-35)22-37(44)42(19-18-27-12-16-36(43)17-13-27)26-31-6-2-7-32(21-31)33-8-3-9-34(23-33)38(45)41-25-30-5-1-4-29(20-30)24-40/h2-3,6-17,21,23,29-30,43H,1,4-5,18-20,22,24-26,40H2,(H,41,45). The molecule has 0 saturated heterocycles. The topological polar surface area (TPSA) is 95.7 Å². The number of hydrogen-bond donors (Lipinski definition) is 3. The molecule has 2 atom stereocenters. The van der Waals surface area contributed by atoms with Crippen LogP contribution in [0.4, 0.5) is 0 Å². The van der Waals surface area contributed by atoms with Crippen molar-refractivity contribution in [2.75, 3.05) is 19.6 Å². The molecule has 1 aliphatic carbocycles. The highest BCUT2D eigenvalue weighted by molar-refractivity contribution is 9.10. The van der Waals surface area contributed by atoms with Gasteiger partial charge in [0.1, 0.15) is 5.75 Å². The van der Waals surface area contributed by atoms with E-state index in [9.17, 15) is 14.7 Å². The molecule has 0 spiro atoms. The van der Waals surface area contributed by atoms with Crippen molar-refractivity contribution in [3.05, 3.63) is 124 Å². The van der Waals surface area contributed by atoms with E-state index in [1.54, 1.807) is 12.1 Å². The van der Waals surface area contributed by atoms with Gasteiger partial charge in [0, 0.05) is 29.7 Å². The normalized spacial score (nSPS) is 16.2. The van der Waals surface area contributed by atoms with Crippen LogP contribution in [0.1, 0.15) is 52.7 Å². The van der Waals surface area contributed by atoms with Gasteiger partial charge in [0.2, 0.25) is 5.91 Å². The van der Waals surface area contributed by atoms with Crippen molar-refractivity contribution in [3.63, 3.8) is 0 Å². The molecule has 2 amide bonds. The second kappa shape index (κ2) is 15.9. The number of carbonyl (C=O) groups excluding carboxylic acids is 2. The van der Waals surface area contributed by atoms with Gasteiger partial charge in [-0.05, 0) is 114 Å². The third-order valence-corrected chi connectivity index (χ3v) is 9.29. The number of carbonyl (C=O) groups is 2. The molecule has 7 heteroatoms. The Balaban J connectivity index is 1.28. The number of amides is 2. The summed E-state index contributed by atoms with van der Waals surface area (Å²) in [4.78, 5) is 28.6. The Labute approximate surface area is 274 Å². The summed E-state index contributed by atoms with van der Waals surface area (Å²) in [7, 11) is 0. The average Bonchev–Trinajstić information content (AvgIpc) is 3.07. The van der Waals surface area contributed by atoms with Gasteiger partial charge in [-0.2, -0.15) is 0 Å². The first-order valence-electron chi connectivity index (χ1n) is 15.8. The highest BCUT2D eigenvalue weighted by Gasteiger charge is 2.22. The number of halogens is 1. The molecule has 4 N–H and O–H groups in total. The maximum absolute atomic E-state index is 13.6. The van der Waals surface area contributed by atoms with Crippen LogP contribution in [-0.2, 0) is 24.2 Å². The van der Waals surface area contributed by atoms with Crippen LogP contribution >= 0.6 is 15.9 Å². The van der Waals surface area contributed by atoms with Gasteiger partial charge in [-0.3, -0.25) is 9.59 Å². The first-order valence-corrected chi connectivity index (χ1v) is 16.6. The maximum Gasteiger partial charge on any atom is 0.251 e. The molecule has 0 heterocycles. The van der Waals surface area contributed by atoms with Crippen molar-refractivity contribution >= 4 is 27.7 Å². The van der Waals surface area contributed by atoms with Crippen molar-refractivity contribution in [3.8, 4) is 16.9 Å². The minimum atomic E-state index is -0.0539. The minimum Gasteiger partial charge on any atom is -0.508 e. The van der Waals surface area contributed by atoms with E-state index < -0.39 is 0 Å². The van der Waals surface area contributed by atoms with E-state index in [0.29, 0.717) is 49.9 Å². The molecule has 6 nitrogen and oxygen atoms in total. The molecule has 0 aromatic heterocycles. The van der Waals surface area contributed by atoms with Crippen LogP contribution in [0.2, 0.25) is 0 Å². The van der Waals surface area contributed by atoms with Crippen molar-refractivity contribution < 1.29 is 14.7 Å². The van der Waals surface area contributed by atoms with E-state index in [1.165, 1.54) is 12.8 Å². The number of rotatable bonds is 12. The van der Waals surface area contributed by atoms with E-state index in [-0.39, 0.29) is 17.6 Å². The highest BCUT2D eigenvalue weighted by atomic mass is 79.9. The van der Waals surface area contributed by atoms with Crippen molar-refractivity contribution in [1.82, 2.24) is 10.2 Å².